The summed E-state index contributed by atoms with van der Waals surface area (Å²) in [4.78, 5) is 8.22. The van der Waals surface area contributed by atoms with E-state index in [1.807, 2.05) is 36.4 Å². The summed E-state index contributed by atoms with van der Waals surface area (Å²) >= 11 is 7.83. The van der Waals surface area contributed by atoms with Crippen LogP contribution in [0.2, 0.25) is 5.02 Å². The van der Waals surface area contributed by atoms with Crippen LogP contribution in [0.5, 0.6) is 0 Å². The highest BCUT2D eigenvalue weighted by molar-refractivity contribution is 7.88. The molecule has 1 aliphatic heterocycles. The molecular formula is C21H21ClN4O2S2. The van der Waals surface area contributed by atoms with Crippen LogP contribution in [0.1, 0.15) is 5.69 Å². The van der Waals surface area contributed by atoms with Gasteiger partial charge in [0.1, 0.15) is 0 Å². The van der Waals surface area contributed by atoms with Gasteiger partial charge in [-0.15, -0.1) is 0 Å². The number of halogens is 1. The van der Waals surface area contributed by atoms with E-state index in [1.165, 1.54) is 6.26 Å². The van der Waals surface area contributed by atoms with E-state index in [0.29, 0.717) is 37.7 Å². The van der Waals surface area contributed by atoms with Crippen LogP contribution in [0.15, 0.2) is 48.5 Å². The number of hydrogen-bond donors (Lipinski definition) is 0. The standard InChI is InChI=1S/C21H21ClN4O2S2/c1-30(27,28)25-11-9-24(10-12-25)14-18-20(15-5-3-2-4-6-15)23-21-26(18)17-8-7-16(22)13-19(17)29-21/h2-8,13H,9-12,14H2,1H3. The van der Waals surface area contributed by atoms with Crippen LogP contribution in [-0.4, -0.2) is 59.4 Å². The predicted molar refractivity (Wildman–Crippen MR) is 123 cm³/mol. The number of sulfonamides is 1. The van der Waals surface area contributed by atoms with Crippen molar-refractivity contribution in [2.24, 2.45) is 0 Å². The molecule has 6 nitrogen and oxygen atoms in total. The van der Waals surface area contributed by atoms with Crippen molar-refractivity contribution in [3.05, 3.63) is 59.2 Å². The lowest BCUT2D eigenvalue weighted by molar-refractivity contribution is 0.180. The van der Waals surface area contributed by atoms with Crippen molar-refractivity contribution in [2.75, 3.05) is 32.4 Å². The summed E-state index contributed by atoms with van der Waals surface area (Å²) < 4.78 is 28.6. The molecule has 30 heavy (non-hydrogen) atoms. The summed E-state index contributed by atoms with van der Waals surface area (Å²) in [5, 5.41) is 0.716. The largest absolute Gasteiger partial charge is 0.295 e. The Hall–Kier alpha value is -1.97. The van der Waals surface area contributed by atoms with Crippen molar-refractivity contribution in [3.8, 4) is 11.3 Å². The van der Waals surface area contributed by atoms with Gasteiger partial charge in [-0.25, -0.2) is 13.4 Å². The molecule has 1 aliphatic rings. The van der Waals surface area contributed by atoms with Crippen LogP contribution >= 0.6 is 22.9 Å². The van der Waals surface area contributed by atoms with Crippen LogP contribution in [-0.2, 0) is 16.6 Å². The molecule has 0 amide bonds. The van der Waals surface area contributed by atoms with Gasteiger partial charge in [0.25, 0.3) is 0 Å². The lowest BCUT2D eigenvalue weighted by Gasteiger charge is -2.33. The van der Waals surface area contributed by atoms with Gasteiger partial charge in [0.2, 0.25) is 10.0 Å². The highest BCUT2D eigenvalue weighted by Crippen LogP contribution is 2.35. The van der Waals surface area contributed by atoms with Crippen LogP contribution in [0.25, 0.3) is 26.4 Å². The van der Waals surface area contributed by atoms with Gasteiger partial charge in [0, 0.05) is 43.3 Å². The third kappa shape index (κ3) is 3.63. The molecule has 156 valence electrons. The number of imidazole rings is 1. The number of piperazine rings is 1. The summed E-state index contributed by atoms with van der Waals surface area (Å²) in [6.07, 6.45) is 1.28. The van der Waals surface area contributed by atoms with Crippen LogP contribution in [0.3, 0.4) is 0 Å². The molecule has 0 N–H and O–H groups in total. The molecule has 0 spiro atoms. The molecule has 1 saturated heterocycles. The lowest BCUT2D eigenvalue weighted by Crippen LogP contribution is -2.47. The Morgan fingerprint density at radius 3 is 2.50 bits per heavy atom. The SMILES string of the molecule is CS(=O)(=O)N1CCN(Cc2c(-c3ccccc3)nc3sc4cc(Cl)ccc4n23)CC1. The number of thiazole rings is 1. The molecule has 3 heterocycles. The van der Waals surface area contributed by atoms with E-state index in [9.17, 15) is 8.42 Å². The van der Waals surface area contributed by atoms with Gasteiger partial charge in [-0.05, 0) is 18.2 Å². The second-order valence-corrected chi connectivity index (χ2v) is 11.0. The zero-order chi connectivity index (χ0) is 20.9. The minimum atomic E-state index is -3.14. The van der Waals surface area contributed by atoms with E-state index < -0.39 is 10.0 Å². The highest BCUT2D eigenvalue weighted by Gasteiger charge is 2.26. The first-order chi connectivity index (χ1) is 14.4. The maximum absolute atomic E-state index is 11.8. The summed E-state index contributed by atoms with van der Waals surface area (Å²) in [5.74, 6) is 0. The minimum absolute atomic E-state index is 0.515. The van der Waals surface area contributed by atoms with Gasteiger partial charge >= 0.3 is 0 Å². The van der Waals surface area contributed by atoms with E-state index in [0.717, 1.165) is 32.1 Å². The van der Waals surface area contributed by atoms with Crippen molar-refractivity contribution in [3.63, 3.8) is 0 Å². The number of hydrogen-bond acceptors (Lipinski definition) is 5. The smallest absolute Gasteiger partial charge is 0.211 e. The summed E-state index contributed by atoms with van der Waals surface area (Å²) in [6, 6.07) is 16.1. The third-order valence-corrected chi connectivity index (χ3v) is 8.07. The van der Waals surface area contributed by atoms with E-state index in [2.05, 4.69) is 21.4 Å². The Balaban J connectivity index is 1.57. The minimum Gasteiger partial charge on any atom is -0.295 e. The monoisotopic (exact) mass is 460 g/mol. The van der Waals surface area contributed by atoms with Gasteiger partial charge in [0.15, 0.2) is 4.96 Å². The fourth-order valence-corrected chi connectivity index (χ4v) is 6.15. The molecule has 0 bridgehead atoms. The molecule has 0 saturated carbocycles. The van der Waals surface area contributed by atoms with Gasteiger partial charge in [-0.2, -0.15) is 4.31 Å². The Morgan fingerprint density at radius 1 is 1.07 bits per heavy atom. The Labute approximate surface area is 184 Å². The predicted octanol–water partition coefficient (Wildman–Crippen LogP) is 3.95. The van der Waals surface area contributed by atoms with Crippen LogP contribution in [0, 0.1) is 0 Å². The average molecular weight is 461 g/mol. The van der Waals surface area contributed by atoms with Crippen LogP contribution < -0.4 is 0 Å². The van der Waals surface area contributed by atoms with E-state index in [-0.39, 0.29) is 0 Å². The maximum Gasteiger partial charge on any atom is 0.211 e. The molecule has 2 aromatic carbocycles. The zero-order valence-corrected chi connectivity index (χ0v) is 18.8. The second-order valence-electron chi connectivity index (χ2n) is 7.54. The Bertz CT molecular complexity index is 1320. The first-order valence-electron chi connectivity index (χ1n) is 9.72. The van der Waals surface area contributed by atoms with E-state index in [4.69, 9.17) is 16.6 Å². The van der Waals surface area contributed by atoms with Crippen molar-refractivity contribution < 1.29 is 8.42 Å². The summed E-state index contributed by atoms with van der Waals surface area (Å²) in [6.45, 7) is 3.13. The molecule has 5 rings (SSSR count). The number of fused-ring (bicyclic) bond motifs is 3. The van der Waals surface area contributed by atoms with Crippen molar-refractivity contribution >= 4 is 48.1 Å². The Morgan fingerprint density at radius 2 is 1.80 bits per heavy atom. The summed E-state index contributed by atoms with van der Waals surface area (Å²) in [7, 11) is -3.14. The molecule has 1 fully saturated rings. The number of benzene rings is 2. The first-order valence-corrected chi connectivity index (χ1v) is 12.8. The molecule has 4 aromatic rings. The lowest BCUT2D eigenvalue weighted by atomic mass is 10.1. The molecule has 9 heteroatoms. The number of nitrogens with zero attached hydrogens (tertiary/aromatic N) is 4. The number of aromatic nitrogens is 2. The second kappa shape index (κ2) is 7.62. The first kappa shape index (κ1) is 20.0. The molecule has 0 unspecified atom stereocenters. The average Bonchev–Trinajstić information content (AvgIpc) is 3.24. The van der Waals surface area contributed by atoms with Crippen molar-refractivity contribution in [2.45, 2.75) is 6.54 Å². The molecule has 0 aliphatic carbocycles. The van der Waals surface area contributed by atoms with Gasteiger partial charge in [-0.1, -0.05) is 53.3 Å². The van der Waals surface area contributed by atoms with Gasteiger partial charge in [-0.3, -0.25) is 9.30 Å². The third-order valence-electron chi connectivity index (χ3n) is 5.53. The van der Waals surface area contributed by atoms with Gasteiger partial charge in [0.05, 0.1) is 27.9 Å². The molecule has 0 atom stereocenters. The zero-order valence-electron chi connectivity index (χ0n) is 16.5. The molecule has 0 radical (unpaired) electrons. The van der Waals surface area contributed by atoms with Gasteiger partial charge < -0.3 is 0 Å². The quantitative estimate of drug-likeness (QED) is 0.462. The topological polar surface area (TPSA) is 57.9 Å². The molecular weight excluding hydrogens is 440 g/mol. The molecule has 2 aromatic heterocycles. The number of rotatable bonds is 4. The maximum atomic E-state index is 11.8. The van der Waals surface area contributed by atoms with Crippen LogP contribution in [0.4, 0.5) is 0 Å². The fourth-order valence-electron chi connectivity index (χ4n) is 4.01. The van der Waals surface area contributed by atoms with Crippen molar-refractivity contribution in [1.29, 1.82) is 0 Å². The van der Waals surface area contributed by atoms with E-state index >= 15 is 0 Å². The van der Waals surface area contributed by atoms with E-state index in [1.54, 1.807) is 15.6 Å². The Kier molecular flexibility index (Phi) is 5.07. The summed E-state index contributed by atoms with van der Waals surface area (Å²) in [5.41, 5.74) is 4.28. The fraction of sp³-hybridized carbons (Fsp3) is 0.286. The highest BCUT2D eigenvalue weighted by atomic mass is 35.5. The van der Waals surface area contributed by atoms with Crippen molar-refractivity contribution in [1.82, 2.24) is 18.6 Å². The normalized spacial score (nSPS) is 16.6.